The van der Waals surface area contributed by atoms with Crippen molar-refractivity contribution < 1.29 is 14.6 Å². The molecule has 3 rings (SSSR count). The first-order chi connectivity index (χ1) is 9.74. The molecule has 1 N–H and O–H groups in total. The van der Waals surface area contributed by atoms with Crippen molar-refractivity contribution in [2.75, 3.05) is 19.7 Å². The van der Waals surface area contributed by atoms with Gasteiger partial charge in [0.15, 0.2) is 0 Å². The second-order valence-electron chi connectivity index (χ2n) is 5.70. The number of carbonyl (C=O) groups excluding carboxylic acids is 1. The van der Waals surface area contributed by atoms with Gasteiger partial charge in [0.25, 0.3) is 0 Å². The molecule has 1 aromatic carbocycles. The van der Waals surface area contributed by atoms with Gasteiger partial charge in [-0.15, -0.1) is 0 Å². The van der Waals surface area contributed by atoms with Crippen LogP contribution in [0, 0.1) is 5.92 Å². The van der Waals surface area contributed by atoms with Gasteiger partial charge in [-0.1, -0.05) is 18.2 Å². The van der Waals surface area contributed by atoms with Crippen LogP contribution in [0.2, 0.25) is 0 Å². The van der Waals surface area contributed by atoms with E-state index in [1.807, 2.05) is 29.2 Å². The molecule has 0 unspecified atom stereocenters. The lowest BCUT2D eigenvalue weighted by atomic mass is 9.94. The number of hydrogen-bond acceptors (Lipinski definition) is 3. The number of aliphatic hydroxyl groups excluding tert-OH is 1. The summed E-state index contributed by atoms with van der Waals surface area (Å²) in [6.45, 7) is 1.96. The second-order valence-corrected chi connectivity index (χ2v) is 5.70. The van der Waals surface area contributed by atoms with Gasteiger partial charge in [0, 0.05) is 19.0 Å². The zero-order valence-electron chi connectivity index (χ0n) is 11.6. The molecule has 1 amide bonds. The smallest absolute Gasteiger partial charge is 0.226 e. The number of piperidine rings is 1. The van der Waals surface area contributed by atoms with Crippen LogP contribution in [0.25, 0.3) is 0 Å². The number of fused-ring (bicyclic) bond motifs is 1. The van der Waals surface area contributed by atoms with Gasteiger partial charge >= 0.3 is 0 Å². The van der Waals surface area contributed by atoms with E-state index < -0.39 is 0 Å². The van der Waals surface area contributed by atoms with Gasteiger partial charge in [-0.25, -0.2) is 0 Å². The minimum Gasteiger partial charge on any atom is -0.493 e. The largest absolute Gasteiger partial charge is 0.493 e. The second kappa shape index (κ2) is 5.83. The lowest BCUT2D eigenvalue weighted by molar-refractivity contribution is -0.137. The Bertz CT molecular complexity index is 480. The Labute approximate surface area is 119 Å². The maximum atomic E-state index is 12.6. The first-order valence-electron chi connectivity index (χ1n) is 7.41. The van der Waals surface area contributed by atoms with Crippen LogP contribution in [0.1, 0.15) is 24.8 Å². The quantitative estimate of drug-likeness (QED) is 0.847. The summed E-state index contributed by atoms with van der Waals surface area (Å²) in [7, 11) is 0. The Hall–Kier alpha value is -1.55. The van der Waals surface area contributed by atoms with Crippen LogP contribution in [-0.4, -0.2) is 41.7 Å². The van der Waals surface area contributed by atoms with E-state index in [-0.39, 0.29) is 17.9 Å². The van der Waals surface area contributed by atoms with Crippen molar-refractivity contribution in [1.29, 1.82) is 0 Å². The summed E-state index contributed by atoms with van der Waals surface area (Å²) in [6.07, 6.45) is 2.69. The summed E-state index contributed by atoms with van der Waals surface area (Å²) in [4.78, 5) is 14.5. The molecule has 108 valence electrons. The first-order valence-corrected chi connectivity index (χ1v) is 7.41. The Morgan fingerprint density at radius 3 is 2.75 bits per heavy atom. The van der Waals surface area contributed by atoms with Gasteiger partial charge in [-0.05, 0) is 37.3 Å². The molecular formula is C16H21NO3. The van der Waals surface area contributed by atoms with Crippen LogP contribution < -0.4 is 4.74 Å². The summed E-state index contributed by atoms with van der Waals surface area (Å²) >= 11 is 0. The third-order valence-electron chi connectivity index (χ3n) is 4.29. The van der Waals surface area contributed by atoms with E-state index >= 15 is 0 Å². The third-order valence-corrected chi connectivity index (χ3v) is 4.29. The molecule has 0 saturated carbocycles. The number of aliphatic hydroxyl groups is 1. The molecular weight excluding hydrogens is 254 g/mol. The number of carbonyl (C=O) groups is 1. The molecule has 0 aromatic heterocycles. The van der Waals surface area contributed by atoms with Crippen molar-refractivity contribution in [3.63, 3.8) is 0 Å². The molecule has 0 aliphatic carbocycles. The van der Waals surface area contributed by atoms with E-state index in [0.717, 1.165) is 24.2 Å². The molecule has 1 atom stereocenters. The minimum atomic E-state index is -0.239. The van der Waals surface area contributed by atoms with E-state index in [1.165, 1.54) is 0 Å². The summed E-state index contributed by atoms with van der Waals surface area (Å²) in [6, 6.07) is 7.97. The predicted molar refractivity (Wildman–Crippen MR) is 75.6 cm³/mol. The van der Waals surface area contributed by atoms with Crippen LogP contribution >= 0.6 is 0 Å². The number of para-hydroxylation sites is 1. The van der Waals surface area contributed by atoms with Crippen molar-refractivity contribution in [2.24, 2.45) is 5.92 Å². The zero-order chi connectivity index (χ0) is 13.9. The van der Waals surface area contributed by atoms with Crippen molar-refractivity contribution in [1.82, 2.24) is 4.90 Å². The van der Waals surface area contributed by atoms with E-state index in [2.05, 4.69) is 0 Å². The first kappa shape index (κ1) is 13.4. The maximum absolute atomic E-state index is 12.6. The van der Waals surface area contributed by atoms with Crippen molar-refractivity contribution in [3.8, 4) is 5.75 Å². The lowest BCUT2D eigenvalue weighted by Crippen LogP contribution is -2.43. The Balaban J connectivity index is 1.69. The molecule has 4 heteroatoms. The zero-order valence-corrected chi connectivity index (χ0v) is 11.6. The highest BCUT2D eigenvalue weighted by Crippen LogP contribution is 2.28. The average molecular weight is 275 g/mol. The SMILES string of the molecule is O=C([C@@H]1CCOc2ccccc2C1)N1CCC(O)CC1. The molecule has 20 heavy (non-hydrogen) atoms. The number of nitrogens with zero attached hydrogens (tertiary/aromatic N) is 1. The molecule has 1 aromatic rings. The molecule has 0 radical (unpaired) electrons. The van der Waals surface area contributed by atoms with Crippen LogP contribution in [0.5, 0.6) is 5.75 Å². The molecule has 2 heterocycles. The molecule has 1 saturated heterocycles. The van der Waals surface area contributed by atoms with Gasteiger partial charge in [0.1, 0.15) is 5.75 Å². The third kappa shape index (κ3) is 2.80. The number of rotatable bonds is 1. The molecule has 0 bridgehead atoms. The van der Waals surface area contributed by atoms with Crippen LogP contribution in [0.3, 0.4) is 0 Å². The Kier molecular flexibility index (Phi) is 3.92. The molecule has 1 fully saturated rings. The summed E-state index contributed by atoms with van der Waals surface area (Å²) < 4.78 is 5.72. The van der Waals surface area contributed by atoms with E-state index in [9.17, 15) is 9.90 Å². The van der Waals surface area contributed by atoms with Gasteiger partial charge in [0.05, 0.1) is 12.7 Å². The molecule has 0 spiro atoms. The fraction of sp³-hybridized carbons (Fsp3) is 0.562. The monoisotopic (exact) mass is 275 g/mol. The standard InChI is InChI=1S/C16H21NO3/c18-14-5-8-17(9-6-14)16(19)13-7-10-20-15-4-2-1-3-12(15)11-13/h1-4,13-14,18H,5-11H2/t13-/m1/s1. The van der Waals surface area contributed by atoms with Gasteiger partial charge in [-0.2, -0.15) is 0 Å². The van der Waals surface area contributed by atoms with Crippen molar-refractivity contribution >= 4 is 5.91 Å². The van der Waals surface area contributed by atoms with Crippen LogP contribution in [-0.2, 0) is 11.2 Å². The highest BCUT2D eigenvalue weighted by molar-refractivity contribution is 5.79. The number of hydrogen-bond donors (Lipinski definition) is 1. The average Bonchev–Trinajstić information content (AvgIpc) is 2.69. The summed E-state index contributed by atoms with van der Waals surface area (Å²) in [5.74, 6) is 1.14. The van der Waals surface area contributed by atoms with Gasteiger partial charge in [-0.3, -0.25) is 4.79 Å². The Morgan fingerprint density at radius 2 is 1.95 bits per heavy atom. The number of likely N-dealkylation sites (tertiary alicyclic amines) is 1. The molecule has 4 nitrogen and oxygen atoms in total. The predicted octanol–water partition coefficient (Wildman–Crippen LogP) is 1.61. The highest BCUT2D eigenvalue weighted by atomic mass is 16.5. The molecule has 2 aliphatic heterocycles. The summed E-state index contributed by atoms with van der Waals surface area (Å²) in [5, 5.41) is 9.54. The fourth-order valence-corrected chi connectivity index (χ4v) is 3.05. The topological polar surface area (TPSA) is 49.8 Å². The van der Waals surface area contributed by atoms with Crippen LogP contribution in [0.15, 0.2) is 24.3 Å². The lowest BCUT2D eigenvalue weighted by Gasteiger charge is -2.32. The number of benzene rings is 1. The summed E-state index contributed by atoms with van der Waals surface area (Å²) in [5.41, 5.74) is 1.13. The fourth-order valence-electron chi connectivity index (χ4n) is 3.05. The van der Waals surface area contributed by atoms with Crippen LogP contribution in [0.4, 0.5) is 0 Å². The van der Waals surface area contributed by atoms with E-state index in [1.54, 1.807) is 0 Å². The number of ether oxygens (including phenoxy) is 1. The number of amides is 1. The maximum Gasteiger partial charge on any atom is 0.226 e. The normalized spacial score (nSPS) is 23.6. The molecule has 2 aliphatic rings. The minimum absolute atomic E-state index is 0.00823. The van der Waals surface area contributed by atoms with Crippen molar-refractivity contribution in [2.45, 2.75) is 31.8 Å². The van der Waals surface area contributed by atoms with Gasteiger partial charge < -0.3 is 14.7 Å². The highest BCUT2D eigenvalue weighted by Gasteiger charge is 2.29. The van der Waals surface area contributed by atoms with Crippen molar-refractivity contribution in [3.05, 3.63) is 29.8 Å². The van der Waals surface area contributed by atoms with Gasteiger partial charge in [0.2, 0.25) is 5.91 Å². The van der Waals surface area contributed by atoms with E-state index in [4.69, 9.17) is 4.74 Å². The Morgan fingerprint density at radius 1 is 1.20 bits per heavy atom. The van der Waals surface area contributed by atoms with E-state index in [0.29, 0.717) is 32.5 Å².